The normalized spacial score (nSPS) is 19.5. The standard InChI is InChI=1S/C29H31N7OS/c1-18-23-13-21(9-10-24(23)32-17-31-18)27-26(20-7-4-6-19(12-20)14-30-2)33-28(38-27)34-29(37)36-15-22-8-5-11-35(3)25(22)16-36/h4,6-7,9-10,12-13,17,22,25H,2,5,8,11,14-16H2,1,3H3,(H,33,34,37). The van der Waals surface area contributed by atoms with E-state index in [0.717, 1.165) is 63.5 Å². The molecule has 4 aromatic rings. The summed E-state index contributed by atoms with van der Waals surface area (Å²) in [6.45, 7) is 8.83. The Labute approximate surface area is 226 Å². The molecule has 0 bridgehead atoms. The maximum Gasteiger partial charge on any atom is 0.323 e. The van der Waals surface area contributed by atoms with Gasteiger partial charge in [0.2, 0.25) is 0 Å². The third kappa shape index (κ3) is 4.68. The van der Waals surface area contributed by atoms with Gasteiger partial charge < -0.3 is 9.80 Å². The number of carbonyl (C=O) groups excluding carboxylic acids is 1. The van der Waals surface area contributed by atoms with Crippen LogP contribution < -0.4 is 5.32 Å². The Kier molecular flexibility index (Phi) is 6.63. The maximum absolute atomic E-state index is 13.3. The van der Waals surface area contributed by atoms with Crippen molar-refractivity contribution in [1.82, 2.24) is 24.8 Å². The van der Waals surface area contributed by atoms with Crippen LogP contribution in [-0.2, 0) is 6.54 Å². The van der Waals surface area contributed by atoms with E-state index in [9.17, 15) is 4.79 Å². The van der Waals surface area contributed by atoms with Crippen LogP contribution in [0, 0.1) is 12.8 Å². The number of nitrogens with one attached hydrogen (secondary N) is 1. The van der Waals surface area contributed by atoms with Gasteiger partial charge in [-0.2, -0.15) is 0 Å². The second-order valence-electron chi connectivity index (χ2n) is 10.3. The molecule has 2 fully saturated rings. The Morgan fingerprint density at radius 1 is 1.18 bits per heavy atom. The van der Waals surface area contributed by atoms with Crippen molar-refractivity contribution < 1.29 is 4.79 Å². The average molecular weight is 526 g/mol. The molecule has 194 valence electrons. The molecule has 9 heteroatoms. The smallest absolute Gasteiger partial charge is 0.323 e. The minimum atomic E-state index is -0.0768. The minimum absolute atomic E-state index is 0.0768. The number of urea groups is 1. The molecule has 2 aliphatic heterocycles. The average Bonchev–Trinajstić information content (AvgIpc) is 3.55. The second-order valence-corrected chi connectivity index (χ2v) is 11.3. The Bertz CT molecular complexity index is 1520. The van der Waals surface area contributed by atoms with E-state index in [2.05, 4.69) is 57.1 Å². The first-order chi connectivity index (χ1) is 18.5. The summed E-state index contributed by atoms with van der Waals surface area (Å²) in [5.41, 5.74) is 5.72. The van der Waals surface area contributed by atoms with Crippen LogP contribution >= 0.6 is 11.3 Å². The van der Waals surface area contributed by atoms with Crippen molar-refractivity contribution in [3.63, 3.8) is 0 Å². The molecule has 2 atom stereocenters. The van der Waals surface area contributed by atoms with Gasteiger partial charge in [-0.15, -0.1) is 0 Å². The fraction of sp³-hybridized carbons (Fsp3) is 0.345. The second kappa shape index (κ2) is 10.2. The van der Waals surface area contributed by atoms with E-state index in [-0.39, 0.29) is 6.03 Å². The van der Waals surface area contributed by atoms with Gasteiger partial charge in [0, 0.05) is 35.8 Å². The van der Waals surface area contributed by atoms with E-state index in [0.29, 0.717) is 23.6 Å². The number of anilines is 1. The fourth-order valence-electron chi connectivity index (χ4n) is 5.78. The van der Waals surface area contributed by atoms with Crippen molar-refractivity contribution in [2.24, 2.45) is 10.9 Å². The molecule has 6 rings (SSSR count). The van der Waals surface area contributed by atoms with Gasteiger partial charge >= 0.3 is 6.03 Å². The summed E-state index contributed by atoms with van der Waals surface area (Å²) < 4.78 is 0. The summed E-state index contributed by atoms with van der Waals surface area (Å²) in [7, 11) is 2.17. The summed E-state index contributed by atoms with van der Waals surface area (Å²) in [6.07, 6.45) is 3.98. The molecular weight excluding hydrogens is 494 g/mol. The predicted molar refractivity (Wildman–Crippen MR) is 154 cm³/mol. The quantitative estimate of drug-likeness (QED) is 0.348. The molecule has 0 saturated carbocycles. The first-order valence-electron chi connectivity index (χ1n) is 13.0. The van der Waals surface area contributed by atoms with Gasteiger partial charge in [0.25, 0.3) is 0 Å². The molecule has 2 aliphatic rings. The van der Waals surface area contributed by atoms with Crippen LogP contribution in [0.25, 0.3) is 32.6 Å². The fourth-order valence-corrected chi connectivity index (χ4v) is 6.75. The maximum atomic E-state index is 13.3. The third-order valence-electron chi connectivity index (χ3n) is 7.78. The molecule has 2 amide bonds. The number of thiazole rings is 1. The Balaban J connectivity index is 1.36. The summed E-state index contributed by atoms with van der Waals surface area (Å²) in [4.78, 5) is 36.5. The SMILES string of the molecule is C=NCc1cccc(-c2nc(NC(=O)N3CC4CCCN(C)C4C3)sc2-c2ccc3ncnc(C)c3c2)c1. The number of hydrogen-bond donors (Lipinski definition) is 1. The number of likely N-dealkylation sites (tertiary alicyclic amines) is 2. The molecule has 2 unspecified atom stereocenters. The molecule has 2 aromatic heterocycles. The highest BCUT2D eigenvalue weighted by Gasteiger charge is 2.39. The number of carbonyl (C=O) groups is 1. The van der Waals surface area contributed by atoms with Gasteiger partial charge in [-0.05, 0) is 75.3 Å². The highest BCUT2D eigenvalue weighted by Crippen LogP contribution is 2.40. The van der Waals surface area contributed by atoms with Gasteiger partial charge in [0.1, 0.15) is 6.33 Å². The van der Waals surface area contributed by atoms with Crippen LogP contribution in [0.4, 0.5) is 9.93 Å². The van der Waals surface area contributed by atoms with Crippen LogP contribution in [-0.4, -0.2) is 70.2 Å². The summed E-state index contributed by atoms with van der Waals surface area (Å²) >= 11 is 1.50. The van der Waals surface area contributed by atoms with E-state index in [1.165, 1.54) is 24.2 Å². The number of likely N-dealkylation sites (N-methyl/N-ethyl adjacent to an activating group) is 1. The molecule has 0 spiro atoms. The summed E-state index contributed by atoms with van der Waals surface area (Å²) in [5, 5.41) is 4.72. The lowest BCUT2D eigenvalue weighted by Crippen LogP contribution is -2.42. The zero-order valence-electron chi connectivity index (χ0n) is 21.7. The number of nitrogens with zero attached hydrogens (tertiary/aromatic N) is 6. The largest absolute Gasteiger partial charge is 0.323 e. The first-order valence-corrected chi connectivity index (χ1v) is 13.8. The lowest BCUT2D eigenvalue weighted by Gasteiger charge is -2.33. The first kappa shape index (κ1) is 24.6. The number of aromatic nitrogens is 3. The molecule has 0 aliphatic carbocycles. The number of piperidine rings is 1. The lowest BCUT2D eigenvalue weighted by atomic mass is 9.93. The van der Waals surface area contributed by atoms with Crippen molar-refractivity contribution in [2.75, 3.05) is 32.0 Å². The summed E-state index contributed by atoms with van der Waals surface area (Å²) in [5.74, 6) is 0.547. The highest BCUT2D eigenvalue weighted by atomic mass is 32.1. The monoisotopic (exact) mass is 525 g/mol. The summed E-state index contributed by atoms with van der Waals surface area (Å²) in [6, 6.07) is 14.8. The third-order valence-corrected chi connectivity index (χ3v) is 8.80. The van der Waals surface area contributed by atoms with E-state index in [1.54, 1.807) is 6.33 Å². The van der Waals surface area contributed by atoms with Gasteiger partial charge in [-0.3, -0.25) is 10.3 Å². The molecule has 1 N–H and O–H groups in total. The number of rotatable bonds is 5. The number of fused-ring (bicyclic) bond motifs is 2. The minimum Gasteiger partial charge on any atom is -0.323 e. The molecule has 4 heterocycles. The molecular formula is C29H31N7OS. The Hall–Kier alpha value is -3.69. The molecule has 0 radical (unpaired) electrons. The van der Waals surface area contributed by atoms with Gasteiger partial charge in [-0.1, -0.05) is 35.6 Å². The zero-order chi connectivity index (χ0) is 26.2. The number of benzene rings is 2. The van der Waals surface area contributed by atoms with E-state index in [4.69, 9.17) is 4.98 Å². The lowest BCUT2D eigenvalue weighted by molar-refractivity contribution is 0.157. The van der Waals surface area contributed by atoms with Crippen LogP contribution in [0.5, 0.6) is 0 Å². The van der Waals surface area contributed by atoms with Crippen LogP contribution in [0.3, 0.4) is 0 Å². The molecule has 2 aromatic carbocycles. The van der Waals surface area contributed by atoms with Gasteiger partial charge in [-0.25, -0.2) is 19.7 Å². The zero-order valence-corrected chi connectivity index (χ0v) is 22.5. The van der Waals surface area contributed by atoms with Crippen LogP contribution in [0.1, 0.15) is 24.1 Å². The van der Waals surface area contributed by atoms with E-state index in [1.807, 2.05) is 36.1 Å². The highest BCUT2D eigenvalue weighted by molar-refractivity contribution is 7.19. The van der Waals surface area contributed by atoms with Crippen molar-refractivity contribution >= 4 is 40.1 Å². The molecule has 8 nitrogen and oxygen atoms in total. The number of hydrogen-bond acceptors (Lipinski definition) is 7. The van der Waals surface area contributed by atoms with Crippen molar-refractivity contribution in [3.05, 3.63) is 60.0 Å². The van der Waals surface area contributed by atoms with Gasteiger partial charge in [0.15, 0.2) is 5.13 Å². The predicted octanol–water partition coefficient (Wildman–Crippen LogP) is 5.49. The van der Waals surface area contributed by atoms with E-state index < -0.39 is 0 Å². The van der Waals surface area contributed by atoms with Gasteiger partial charge in [0.05, 0.1) is 22.6 Å². The molecule has 38 heavy (non-hydrogen) atoms. The van der Waals surface area contributed by atoms with E-state index >= 15 is 0 Å². The Morgan fingerprint density at radius 3 is 2.92 bits per heavy atom. The topological polar surface area (TPSA) is 86.6 Å². The number of amides is 2. The number of aryl methyl sites for hydroxylation is 1. The number of aliphatic imine (C=N–C) groups is 1. The van der Waals surface area contributed by atoms with Crippen molar-refractivity contribution in [2.45, 2.75) is 32.4 Å². The molecule has 2 saturated heterocycles. The Morgan fingerprint density at radius 2 is 2.08 bits per heavy atom. The van der Waals surface area contributed by atoms with Crippen LogP contribution in [0.2, 0.25) is 0 Å². The van der Waals surface area contributed by atoms with Crippen LogP contribution in [0.15, 0.2) is 53.8 Å². The van der Waals surface area contributed by atoms with Crippen molar-refractivity contribution in [3.8, 4) is 21.7 Å². The van der Waals surface area contributed by atoms with Crippen molar-refractivity contribution in [1.29, 1.82) is 0 Å².